The molecular formula is C80H80F9N21O9. The van der Waals surface area contributed by atoms with Gasteiger partial charge in [-0.1, -0.05) is 25.1 Å². The normalized spacial score (nSPS) is 20.1. The van der Waals surface area contributed by atoms with Crippen LogP contribution in [0.5, 0.6) is 0 Å². The van der Waals surface area contributed by atoms with Crippen molar-refractivity contribution in [3.05, 3.63) is 169 Å². The number of nitrogens with one attached hydrogen (secondary N) is 5. The van der Waals surface area contributed by atoms with Gasteiger partial charge in [-0.25, -0.2) is 72.2 Å². The molecule has 8 aromatic heterocycles. The molecule has 8 aromatic rings. The number of aromatic nitrogens is 8. The molecule has 4 saturated heterocycles. The van der Waals surface area contributed by atoms with Gasteiger partial charge in [0.05, 0.1) is 64.9 Å². The molecule has 8 bridgehead atoms. The highest BCUT2D eigenvalue weighted by atomic mass is 19.4. The van der Waals surface area contributed by atoms with Crippen molar-refractivity contribution in [1.29, 1.82) is 0 Å². The fourth-order valence-corrected chi connectivity index (χ4v) is 15.6. The van der Waals surface area contributed by atoms with E-state index in [1.807, 2.05) is 11.0 Å². The van der Waals surface area contributed by atoms with Crippen LogP contribution in [-0.4, -0.2) is 200 Å². The zero-order valence-electron chi connectivity index (χ0n) is 63.8. The number of amides is 9. The van der Waals surface area contributed by atoms with Crippen molar-refractivity contribution in [2.24, 2.45) is 17.8 Å². The summed E-state index contributed by atoms with van der Waals surface area (Å²) in [6.07, 6.45) is -0.897. The van der Waals surface area contributed by atoms with Gasteiger partial charge in [0.1, 0.15) is 51.9 Å². The minimum atomic E-state index is -4.61. The Hall–Kier alpha value is -12.7. The van der Waals surface area contributed by atoms with Crippen molar-refractivity contribution in [2.75, 3.05) is 119 Å². The average molecular weight is 1650 g/mol. The Labute approximate surface area is 674 Å². The summed E-state index contributed by atoms with van der Waals surface area (Å²) >= 11 is 0. The third kappa shape index (κ3) is 18.2. The second-order valence-corrected chi connectivity index (χ2v) is 30.4. The molecule has 7 atom stereocenters. The number of anilines is 12. The smallest absolute Gasteiger partial charge is 0.392 e. The van der Waals surface area contributed by atoms with Gasteiger partial charge in [-0.2, -0.15) is 26.3 Å². The highest BCUT2D eigenvalue weighted by molar-refractivity contribution is 6.09. The summed E-state index contributed by atoms with van der Waals surface area (Å²) in [5, 5.41) is 22.8. The minimum Gasteiger partial charge on any atom is -0.396 e. The Kier molecular flexibility index (Phi) is 23.1. The summed E-state index contributed by atoms with van der Waals surface area (Å²) in [4.78, 5) is 150. The quantitative estimate of drug-likeness (QED) is 0.0364. The van der Waals surface area contributed by atoms with E-state index >= 15 is 0 Å². The Morgan fingerprint density at radius 3 is 1.15 bits per heavy atom. The predicted molar refractivity (Wildman–Crippen MR) is 419 cm³/mol. The van der Waals surface area contributed by atoms with Gasteiger partial charge in [0.2, 0.25) is 0 Å². The molecule has 8 aliphatic heterocycles. The van der Waals surface area contributed by atoms with Gasteiger partial charge in [0, 0.05) is 115 Å². The first-order chi connectivity index (χ1) is 57.0. The average Bonchev–Trinajstić information content (AvgIpc) is 1.49. The number of hydrogen-bond donors (Lipinski definition) is 6. The van der Waals surface area contributed by atoms with E-state index in [2.05, 4.69) is 81.2 Å². The fourth-order valence-electron chi connectivity index (χ4n) is 15.6. The number of urea groups is 4. The largest absolute Gasteiger partial charge is 0.396 e. The molecule has 30 nitrogen and oxygen atoms in total. The second-order valence-electron chi connectivity index (χ2n) is 30.4. The molecule has 6 fully saturated rings. The molecule has 0 spiro atoms. The molecular weight excluding hydrogens is 1570 g/mol. The van der Waals surface area contributed by atoms with Crippen LogP contribution >= 0.6 is 0 Å². The van der Waals surface area contributed by atoms with E-state index in [0.29, 0.717) is 85.3 Å². The summed E-state index contributed by atoms with van der Waals surface area (Å²) in [5.41, 5.74) is 3.12. The Morgan fingerprint density at radius 2 is 0.824 bits per heavy atom. The topological polar surface area (TPSA) is 346 Å². The lowest BCUT2D eigenvalue weighted by atomic mass is 9.97. The van der Waals surface area contributed by atoms with Gasteiger partial charge in [0.25, 0.3) is 11.8 Å². The number of nitrogens with zero attached hydrogens (tertiary/aromatic N) is 16. The molecule has 39 heteroatoms. The maximum atomic E-state index is 13.2. The van der Waals surface area contributed by atoms with Crippen LogP contribution in [0.1, 0.15) is 120 Å². The van der Waals surface area contributed by atoms with E-state index in [1.165, 1.54) is 40.3 Å². The fraction of sp³-hybridized carbons (Fsp3) is 0.400. The SMILES string of the molecule is C[C@@H](CC(=O)c1ccc2c(n1)N(C(=O)Nc1ccccn1)[C@H]1CCN2C1)C(F)(F)F.O=C(CC1CC1(F)F)c1ccc2c(n1)N(C(=O)Nc1ccccn1)[C@H]1CCN2C1.O=C(C[C@@H](CCO)C(F)(F)F)c1ccc2c(n1)N(C(=O)Nc1ccccn1)[C@H]1CCN2C1.O=C(NC1CC1)c1ccc2c(n1)N(C(=O)Nc1ccc(F)cn1)[C@H]1CCN2C1. The van der Waals surface area contributed by atoms with Crippen LogP contribution in [0.2, 0.25) is 0 Å². The first kappa shape index (κ1) is 81.4. The molecule has 0 aromatic carbocycles. The third-order valence-corrected chi connectivity index (χ3v) is 22.2. The molecule has 119 heavy (non-hydrogen) atoms. The van der Waals surface area contributed by atoms with Crippen molar-refractivity contribution in [3.8, 4) is 0 Å². The monoisotopic (exact) mass is 1650 g/mol. The highest BCUT2D eigenvalue weighted by Crippen LogP contribution is 2.52. The first-order valence-electron chi connectivity index (χ1n) is 38.8. The van der Waals surface area contributed by atoms with Crippen molar-refractivity contribution < 1.29 is 83.0 Å². The number of aliphatic hydroxyl groups is 1. The van der Waals surface area contributed by atoms with Gasteiger partial charge in [-0.05, 0) is 142 Å². The van der Waals surface area contributed by atoms with Crippen LogP contribution < -0.4 is 65.8 Å². The lowest BCUT2D eigenvalue weighted by Gasteiger charge is -2.35. The Balaban J connectivity index is 0.000000124. The number of carbonyl (C=O) groups is 8. The van der Waals surface area contributed by atoms with E-state index in [-0.39, 0.29) is 95.6 Å². The first-order valence-corrected chi connectivity index (χ1v) is 38.8. The summed E-state index contributed by atoms with van der Waals surface area (Å²) in [5.74, 6) is -7.22. The Bertz CT molecular complexity index is 5160. The van der Waals surface area contributed by atoms with Crippen molar-refractivity contribution in [1.82, 2.24) is 45.2 Å². The molecule has 2 aliphatic carbocycles. The summed E-state index contributed by atoms with van der Waals surface area (Å²) < 4.78 is 118. The van der Waals surface area contributed by atoms with E-state index in [0.717, 1.165) is 76.2 Å². The zero-order chi connectivity index (χ0) is 83.8. The number of hydrogen-bond acceptors (Lipinski definition) is 21. The number of alkyl halides is 8. The van der Waals surface area contributed by atoms with Gasteiger partial charge in [-0.15, -0.1) is 0 Å². The van der Waals surface area contributed by atoms with E-state index in [4.69, 9.17) is 5.11 Å². The van der Waals surface area contributed by atoms with Crippen LogP contribution in [-0.2, 0) is 0 Å². The number of pyridine rings is 8. The van der Waals surface area contributed by atoms with Crippen LogP contribution in [0.25, 0.3) is 0 Å². The van der Waals surface area contributed by atoms with Crippen LogP contribution in [0, 0.1) is 23.6 Å². The van der Waals surface area contributed by atoms with Gasteiger partial charge in [0.15, 0.2) is 40.6 Å². The molecule has 10 aliphatic rings. The van der Waals surface area contributed by atoms with E-state index in [1.54, 1.807) is 107 Å². The number of aliphatic hydroxyl groups excluding tert-OH is 1. The summed E-state index contributed by atoms with van der Waals surface area (Å²) in [6.45, 7) is 5.96. The van der Waals surface area contributed by atoms with Gasteiger partial charge < -0.3 is 30.0 Å². The number of Topliss-reactive ketones (excluding diaryl/α,β-unsaturated/α-hetero) is 3. The second kappa shape index (κ2) is 33.7. The van der Waals surface area contributed by atoms with Gasteiger partial charge >= 0.3 is 36.5 Å². The van der Waals surface area contributed by atoms with Crippen LogP contribution in [0.15, 0.2) is 140 Å². The van der Waals surface area contributed by atoms with E-state index in [9.17, 15) is 77.9 Å². The standard InChI is InChI=1S/C21H22F3N5O3.C20H20F3N5O2.C20H19F2N5O2.C19H19FN6O2/c22-21(23,24)13(7-10-30)11-17(31)15-4-5-16-19(26-15)29(14-6-9-28(16)12-14)20(32)27-18-3-1-2-8-25-18;1-12(20(21,22)23)10-16(29)14-5-6-15-18(25-14)28(13-7-9-27(15)11-13)19(30)26-17-4-2-3-8-24-17;21-20(22)10-12(20)9-16(28)14-4-5-15-18(24-14)27(13-6-8-26(15)11-13)19(29)25-17-3-1-2-7-23-17;20-11-1-6-16(21-9-11)24-19(28)26-13-7-8-25(10-13)15-5-4-14(23-17(15)26)18(27)22-12-2-3-12/h1-5,8,13-14,30H,6-7,9-12H2,(H,25,27,32);2-6,8,12-13H,7,9-11H2,1H3,(H,24,26,30);1-5,7,12-13H,6,8-11H2,(H,23,25,29);1,4-6,9,12-13H,2-3,7-8,10H2,(H,22,27)(H,21,24,28)/t13-,14+;12-,13-;12?,13-;13-/m1000/s1. The number of rotatable bonds is 17. The number of ketones is 3. The number of halogens is 9. The summed E-state index contributed by atoms with van der Waals surface area (Å²) in [7, 11) is 0. The Morgan fingerprint density at radius 1 is 0.462 bits per heavy atom. The van der Waals surface area contributed by atoms with Crippen LogP contribution in [0.4, 0.5) is 128 Å². The van der Waals surface area contributed by atoms with Crippen molar-refractivity contribution in [2.45, 2.75) is 126 Å². The van der Waals surface area contributed by atoms with E-state index < -0.39 is 97.1 Å². The maximum absolute atomic E-state index is 13.2. The maximum Gasteiger partial charge on any atom is 0.392 e. The molecule has 16 heterocycles. The zero-order valence-corrected chi connectivity index (χ0v) is 63.8. The molecule has 1 unspecified atom stereocenters. The molecule has 9 amide bonds. The van der Waals surface area contributed by atoms with Gasteiger partial charge in [-0.3, -0.25) is 60.0 Å². The highest BCUT2D eigenvalue weighted by Gasteiger charge is 2.57. The van der Waals surface area contributed by atoms with Crippen molar-refractivity contribution >= 4 is 117 Å². The van der Waals surface area contributed by atoms with Crippen molar-refractivity contribution in [3.63, 3.8) is 0 Å². The molecule has 6 N–H and O–H groups in total. The number of fused-ring (bicyclic) bond motifs is 16. The molecule has 622 valence electrons. The summed E-state index contributed by atoms with van der Waals surface area (Å²) in [6, 6.07) is 29.1. The number of carbonyl (C=O) groups excluding carboxylic acids is 8. The lowest BCUT2D eigenvalue weighted by Crippen LogP contribution is -2.48. The third-order valence-electron chi connectivity index (χ3n) is 22.2. The minimum absolute atomic E-state index is 0.0396. The molecule has 18 rings (SSSR count). The lowest BCUT2D eigenvalue weighted by molar-refractivity contribution is -0.177. The molecule has 0 radical (unpaired) electrons. The van der Waals surface area contributed by atoms with Crippen LogP contribution in [0.3, 0.4) is 0 Å². The predicted octanol–water partition coefficient (Wildman–Crippen LogP) is 12.6. The molecule has 2 saturated carbocycles.